The summed E-state index contributed by atoms with van der Waals surface area (Å²) in [5.74, 6) is 0.863. The molecule has 0 saturated heterocycles. The van der Waals surface area contributed by atoms with Gasteiger partial charge in [-0.05, 0) is 23.3 Å². The number of rotatable bonds is 4. The van der Waals surface area contributed by atoms with Gasteiger partial charge in [-0.15, -0.1) is 11.8 Å². The van der Waals surface area contributed by atoms with Crippen LogP contribution in [0.2, 0.25) is 5.02 Å². The molecule has 0 spiro atoms. The van der Waals surface area contributed by atoms with Crippen LogP contribution in [-0.2, 0) is 12.3 Å². The van der Waals surface area contributed by atoms with Gasteiger partial charge >= 0.3 is 0 Å². The molecule has 0 aliphatic carbocycles. The molecule has 0 radical (unpaired) electrons. The van der Waals surface area contributed by atoms with Crippen molar-refractivity contribution >= 4 is 23.4 Å². The van der Waals surface area contributed by atoms with E-state index < -0.39 is 0 Å². The monoisotopic (exact) mass is 264 g/mol. The van der Waals surface area contributed by atoms with Gasteiger partial charge in [0, 0.05) is 18.5 Å². The summed E-state index contributed by atoms with van der Waals surface area (Å²) < 4.78 is 0. The molecule has 2 rings (SSSR count). The topological polar surface area (TPSA) is 38.9 Å². The number of nitrogens with two attached hydrogens (primary N) is 1. The third kappa shape index (κ3) is 3.46. The van der Waals surface area contributed by atoms with Gasteiger partial charge in [0.2, 0.25) is 0 Å². The minimum atomic E-state index is 0.583. The molecule has 2 aromatic rings. The Balaban J connectivity index is 2.00. The highest BCUT2D eigenvalue weighted by molar-refractivity contribution is 7.98. The Hall–Kier alpha value is -1.03. The molecule has 2 N–H and O–H groups in total. The van der Waals surface area contributed by atoms with E-state index in [4.69, 9.17) is 17.3 Å². The van der Waals surface area contributed by atoms with Crippen molar-refractivity contribution in [1.29, 1.82) is 0 Å². The third-order valence-corrected chi connectivity index (χ3v) is 3.85. The van der Waals surface area contributed by atoms with Crippen molar-refractivity contribution in [2.75, 3.05) is 0 Å². The first-order valence-corrected chi connectivity index (χ1v) is 6.67. The van der Waals surface area contributed by atoms with Crippen molar-refractivity contribution in [3.05, 3.63) is 58.7 Å². The maximum absolute atomic E-state index is 6.04. The Morgan fingerprint density at radius 2 is 1.82 bits per heavy atom. The number of nitrogens with zero attached hydrogens (tertiary/aromatic N) is 1. The zero-order valence-corrected chi connectivity index (χ0v) is 10.8. The van der Waals surface area contributed by atoms with Gasteiger partial charge in [0.05, 0.1) is 5.02 Å². The molecule has 0 amide bonds. The van der Waals surface area contributed by atoms with Crippen LogP contribution < -0.4 is 5.73 Å². The summed E-state index contributed by atoms with van der Waals surface area (Å²) in [5.41, 5.74) is 7.94. The van der Waals surface area contributed by atoms with E-state index in [1.807, 2.05) is 12.1 Å². The largest absolute Gasteiger partial charge is 0.326 e. The number of thioether (sulfide) groups is 1. The van der Waals surface area contributed by atoms with E-state index in [2.05, 4.69) is 29.2 Å². The van der Waals surface area contributed by atoms with Crippen LogP contribution in [0, 0.1) is 0 Å². The van der Waals surface area contributed by atoms with Crippen LogP contribution >= 0.6 is 23.4 Å². The van der Waals surface area contributed by atoms with E-state index in [1.165, 1.54) is 5.56 Å². The van der Waals surface area contributed by atoms with Crippen LogP contribution in [0.5, 0.6) is 0 Å². The predicted octanol–water partition coefficient (Wildman–Crippen LogP) is 3.49. The number of hydrogen-bond acceptors (Lipinski definition) is 3. The molecule has 0 aliphatic heterocycles. The standard InChI is InChI=1S/C13H13ClN2S/c14-12-2-1-7-16-13(12)17-9-11-5-3-10(8-15)4-6-11/h1-7H,8-9,15H2. The van der Waals surface area contributed by atoms with Gasteiger partial charge in [-0.1, -0.05) is 35.9 Å². The highest BCUT2D eigenvalue weighted by atomic mass is 35.5. The lowest BCUT2D eigenvalue weighted by Crippen LogP contribution is -1.95. The van der Waals surface area contributed by atoms with Gasteiger partial charge in [-0.3, -0.25) is 0 Å². The smallest absolute Gasteiger partial charge is 0.115 e. The Bertz CT molecular complexity index is 485. The van der Waals surface area contributed by atoms with E-state index in [-0.39, 0.29) is 0 Å². The van der Waals surface area contributed by atoms with Crippen molar-refractivity contribution in [3.63, 3.8) is 0 Å². The van der Waals surface area contributed by atoms with E-state index in [1.54, 1.807) is 18.0 Å². The van der Waals surface area contributed by atoms with E-state index in [0.29, 0.717) is 11.6 Å². The highest BCUT2D eigenvalue weighted by Crippen LogP contribution is 2.27. The minimum Gasteiger partial charge on any atom is -0.326 e. The third-order valence-electron chi connectivity index (χ3n) is 2.36. The summed E-state index contributed by atoms with van der Waals surface area (Å²) in [4.78, 5) is 4.24. The molecule has 0 aliphatic rings. The van der Waals surface area contributed by atoms with Gasteiger partial charge in [0.25, 0.3) is 0 Å². The quantitative estimate of drug-likeness (QED) is 0.860. The van der Waals surface area contributed by atoms with Gasteiger partial charge in [-0.25, -0.2) is 4.98 Å². The molecule has 0 bridgehead atoms. The molecule has 88 valence electrons. The zero-order valence-electron chi connectivity index (χ0n) is 9.27. The number of hydrogen-bond donors (Lipinski definition) is 1. The summed E-state index contributed by atoms with van der Waals surface area (Å²) >= 11 is 7.68. The van der Waals surface area contributed by atoms with Crippen LogP contribution in [0.25, 0.3) is 0 Å². The second-order valence-electron chi connectivity index (χ2n) is 3.60. The zero-order chi connectivity index (χ0) is 12.1. The molecule has 0 saturated carbocycles. The van der Waals surface area contributed by atoms with Crippen molar-refractivity contribution in [2.45, 2.75) is 17.3 Å². The SMILES string of the molecule is NCc1ccc(CSc2ncccc2Cl)cc1. The number of pyridine rings is 1. The van der Waals surface area contributed by atoms with Gasteiger partial charge in [-0.2, -0.15) is 0 Å². The fourth-order valence-corrected chi connectivity index (χ4v) is 2.52. The normalized spacial score (nSPS) is 10.5. The molecule has 0 fully saturated rings. The van der Waals surface area contributed by atoms with Crippen molar-refractivity contribution in [2.24, 2.45) is 5.73 Å². The molecular weight excluding hydrogens is 252 g/mol. The average molecular weight is 265 g/mol. The van der Waals surface area contributed by atoms with Crippen molar-refractivity contribution in [3.8, 4) is 0 Å². The second kappa shape index (κ2) is 6.05. The maximum Gasteiger partial charge on any atom is 0.115 e. The summed E-state index contributed by atoms with van der Waals surface area (Å²) in [6.07, 6.45) is 1.76. The first-order chi connectivity index (χ1) is 8.29. The Morgan fingerprint density at radius 1 is 1.12 bits per heavy atom. The van der Waals surface area contributed by atoms with E-state index in [0.717, 1.165) is 16.3 Å². The lowest BCUT2D eigenvalue weighted by Gasteiger charge is -2.04. The Kier molecular flexibility index (Phi) is 4.42. The molecule has 1 heterocycles. The molecule has 17 heavy (non-hydrogen) atoms. The van der Waals surface area contributed by atoms with Gasteiger partial charge in [0.15, 0.2) is 0 Å². The highest BCUT2D eigenvalue weighted by Gasteiger charge is 2.02. The van der Waals surface area contributed by atoms with E-state index >= 15 is 0 Å². The van der Waals surface area contributed by atoms with Crippen molar-refractivity contribution < 1.29 is 0 Å². The number of benzene rings is 1. The van der Waals surface area contributed by atoms with Crippen LogP contribution in [0.3, 0.4) is 0 Å². The van der Waals surface area contributed by atoms with E-state index in [9.17, 15) is 0 Å². The molecule has 0 atom stereocenters. The Morgan fingerprint density at radius 3 is 2.47 bits per heavy atom. The maximum atomic E-state index is 6.04. The summed E-state index contributed by atoms with van der Waals surface area (Å²) in [7, 11) is 0. The lowest BCUT2D eigenvalue weighted by atomic mass is 10.1. The van der Waals surface area contributed by atoms with Gasteiger partial charge in [0.1, 0.15) is 5.03 Å². The molecule has 2 nitrogen and oxygen atoms in total. The second-order valence-corrected chi connectivity index (χ2v) is 4.97. The average Bonchev–Trinajstić information content (AvgIpc) is 2.38. The van der Waals surface area contributed by atoms with Crippen LogP contribution in [0.1, 0.15) is 11.1 Å². The van der Waals surface area contributed by atoms with Crippen LogP contribution in [-0.4, -0.2) is 4.98 Å². The van der Waals surface area contributed by atoms with Crippen molar-refractivity contribution in [1.82, 2.24) is 4.98 Å². The molecular formula is C13H13ClN2S. The molecule has 0 unspecified atom stereocenters. The predicted molar refractivity (Wildman–Crippen MR) is 73.1 cm³/mol. The first kappa shape index (κ1) is 12.4. The van der Waals surface area contributed by atoms with Crippen LogP contribution in [0.15, 0.2) is 47.6 Å². The summed E-state index contributed by atoms with van der Waals surface area (Å²) in [6, 6.07) is 12.0. The molecule has 1 aromatic carbocycles. The fraction of sp³-hybridized carbons (Fsp3) is 0.154. The summed E-state index contributed by atoms with van der Waals surface area (Å²) in [6.45, 7) is 0.583. The minimum absolute atomic E-state index is 0.583. The van der Waals surface area contributed by atoms with Gasteiger partial charge < -0.3 is 5.73 Å². The summed E-state index contributed by atoms with van der Waals surface area (Å²) in [5, 5.41) is 1.58. The Labute approximate surface area is 110 Å². The molecule has 1 aromatic heterocycles. The number of halogens is 1. The molecule has 4 heteroatoms. The lowest BCUT2D eigenvalue weighted by molar-refractivity contribution is 1.07. The fourth-order valence-electron chi connectivity index (χ4n) is 1.40. The number of aromatic nitrogens is 1. The first-order valence-electron chi connectivity index (χ1n) is 5.31. The van der Waals surface area contributed by atoms with Crippen LogP contribution in [0.4, 0.5) is 0 Å².